The lowest BCUT2D eigenvalue weighted by Crippen LogP contribution is -2.42. The van der Waals surface area contributed by atoms with Crippen LogP contribution in [0.15, 0.2) is 48.0 Å². The average molecular weight is 603 g/mol. The minimum Gasteiger partial charge on any atom is -0.481 e. The van der Waals surface area contributed by atoms with Crippen molar-refractivity contribution in [2.75, 3.05) is 29.6 Å². The molecule has 1 saturated carbocycles. The molecule has 6 rings (SSSR count). The number of anilines is 2. The number of aliphatic carboxylic acids is 1. The summed E-state index contributed by atoms with van der Waals surface area (Å²) >= 11 is 1.42. The fourth-order valence-corrected chi connectivity index (χ4v) is 7.44. The van der Waals surface area contributed by atoms with Crippen molar-refractivity contribution in [2.45, 2.75) is 58.4 Å². The Morgan fingerprint density at radius 3 is 2.49 bits per heavy atom. The van der Waals surface area contributed by atoms with Gasteiger partial charge in [-0.3, -0.25) is 24.2 Å². The highest BCUT2D eigenvalue weighted by molar-refractivity contribution is 7.14. The Morgan fingerprint density at radius 1 is 1.12 bits per heavy atom. The summed E-state index contributed by atoms with van der Waals surface area (Å²) in [5, 5.41) is 12.3. The van der Waals surface area contributed by atoms with E-state index in [0.29, 0.717) is 43.5 Å². The van der Waals surface area contributed by atoms with Crippen molar-refractivity contribution in [3.63, 3.8) is 0 Å². The Balaban J connectivity index is 1.26. The molecule has 4 heterocycles. The van der Waals surface area contributed by atoms with Crippen LogP contribution in [0.25, 0.3) is 22.4 Å². The second-order valence-electron chi connectivity index (χ2n) is 12.2. The van der Waals surface area contributed by atoms with Crippen molar-refractivity contribution >= 4 is 40.1 Å². The van der Waals surface area contributed by atoms with Gasteiger partial charge in [0.25, 0.3) is 0 Å². The largest absolute Gasteiger partial charge is 0.481 e. The number of pyridine rings is 1. The molecule has 2 aliphatic heterocycles. The zero-order chi connectivity index (χ0) is 30.1. The minimum atomic E-state index is -0.955. The van der Waals surface area contributed by atoms with Gasteiger partial charge in [-0.05, 0) is 61.1 Å². The van der Waals surface area contributed by atoms with Gasteiger partial charge in [-0.25, -0.2) is 9.97 Å². The maximum atomic E-state index is 14.1. The molecule has 3 atom stereocenters. The first-order valence-electron chi connectivity index (χ1n) is 15.2. The Bertz CT molecular complexity index is 1480. The lowest BCUT2D eigenvalue weighted by atomic mass is 9.75. The van der Waals surface area contributed by atoms with Crippen LogP contribution >= 0.6 is 11.3 Å². The number of hydrogen-bond donors (Lipinski definition) is 1. The van der Waals surface area contributed by atoms with Gasteiger partial charge < -0.3 is 9.84 Å². The molecule has 0 bridgehead atoms. The third-order valence-electron chi connectivity index (χ3n) is 9.01. The molecular formula is C33H38N4O5S. The first-order chi connectivity index (χ1) is 20.8. The number of carbonyl (C=O) groups is 3. The van der Waals surface area contributed by atoms with Crippen LogP contribution in [0, 0.1) is 23.7 Å². The van der Waals surface area contributed by atoms with Crippen LogP contribution in [-0.4, -0.2) is 58.7 Å². The van der Waals surface area contributed by atoms with Gasteiger partial charge in [-0.15, -0.1) is 11.3 Å². The van der Waals surface area contributed by atoms with E-state index < -0.39 is 11.9 Å². The number of hydrogen-bond acceptors (Lipinski definition) is 7. The molecule has 2 aromatic heterocycles. The van der Waals surface area contributed by atoms with Crippen LogP contribution in [0.5, 0.6) is 0 Å². The molecule has 0 radical (unpaired) electrons. The monoisotopic (exact) mass is 602 g/mol. The summed E-state index contributed by atoms with van der Waals surface area (Å²) in [5.41, 5.74) is 3.56. The number of amides is 2. The fourth-order valence-electron chi connectivity index (χ4n) is 6.54. The number of aromatic nitrogens is 2. The molecule has 9 nitrogen and oxygen atoms in total. The van der Waals surface area contributed by atoms with Gasteiger partial charge in [0.05, 0.1) is 12.1 Å². The maximum Gasteiger partial charge on any atom is 0.304 e. The molecule has 3 aliphatic rings. The maximum absolute atomic E-state index is 14.1. The third-order valence-corrected chi connectivity index (χ3v) is 9.85. The molecular weight excluding hydrogens is 564 g/mol. The predicted molar refractivity (Wildman–Crippen MR) is 166 cm³/mol. The highest BCUT2D eigenvalue weighted by atomic mass is 32.1. The molecule has 3 fully saturated rings. The Labute approximate surface area is 255 Å². The Morgan fingerprint density at radius 2 is 1.86 bits per heavy atom. The number of carboxylic acids is 1. The van der Waals surface area contributed by atoms with Crippen LogP contribution in [0.3, 0.4) is 0 Å². The Hall–Kier alpha value is -3.63. The van der Waals surface area contributed by atoms with Crippen LogP contribution in [0.4, 0.5) is 10.9 Å². The van der Waals surface area contributed by atoms with Crippen LogP contribution in [0.1, 0.15) is 52.4 Å². The molecule has 1 aliphatic carbocycles. The van der Waals surface area contributed by atoms with Crippen molar-refractivity contribution in [3.05, 3.63) is 48.0 Å². The number of thiazole rings is 1. The van der Waals surface area contributed by atoms with E-state index in [9.17, 15) is 19.5 Å². The number of carboxylic acid groups (broad SMARTS) is 1. The Kier molecular flexibility index (Phi) is 8.59. The summed E-state index contributed by atoms with van der Waals surface area (Å²) in [6.07, 6.45) is 5.32. The van der Waals surface area contributed by atoms with Crippen LogP contribution < -0.4 is 9.80 Å². The summed E-state index contributed by atoms with van der Waals surface area (Å²) in [6, 6.07) is 11.9. The number of nitrogens with zero attached hydrogens (tertiary/aromatic N) is 4. The van der Waals surface area contributed by atoms with Gasteiger partial charge in [0.1, 0.15) is 5.82 Å². The number of ether oxygens (including phenoxy) is 1. The van der Waals surface area contributed by atoms with E-state index in [1.807, 2.05) is 41.8 Å². The molecule has 10 heteroatoms. The highest BCUT2D eigenvalue weighted by Gasteiger charge is 2.41. The van der Waals surface area contributed by atoms with E-state index in [0.717, 1.165) is 41.6 Å². The first kappa shape index (κ1) is 29.4. The highest BCUT2D eigenvalue weighted by Crippen LogP contribution is 2.41. The van der Waals surface area contributed by atoms with Gasteiger partial charge in [0, 0.05) is 60.8 Å². The van der Waals surface area contributed by atoms with E-state index in [1.165, 1.54) is 11.3 Å². The summed E-state index contributed by atoms with van der Waals surface area (Å²) in [7, 11) is 0. The average Bonchev–Trinajstić information content (AvgIpc) is 3.54. The molecule has 1 N–H and O–H groups in total. The van der Waals surface area contributed by atoms with Gasteiger partial charge in [-0.2, -0.15) is 0 Å². The van der Waals surface area contributed by atoms with Gasteiger partial charge in [0.2, 0.25) is 11.8 Å². The quantitative estimate of drug-likeness (QED) is 0.308. The summed E-state index contributed by atoms with van der Waals surface area (Å²) in [4.78, 5) is 51.2. The topological polar surface area (TPSA) is 113 Å². The second-order valence-corrected chi connectivity index (χ2v) is 13.1. The predicted octanol–water partition coefficient (Wildman–Crippen LogP) is 5.89. The molecule has 3 aromatic rings. The van der Waals surface area contributed by atoms with Crippen LogP contribution in [0.2, 0.25) is 0 Å². The lowest BCUT2D eigenvalue weighted by molar-refractivity contribution is -0.141. The zero-order valence-corrected chi connectivity index (χ0v) is 25.5. The molecule has 2 unspecified atom stereocenters. The summed E-state index contributed by atoms with van der Waals surface area (Å²) in [5.74, 6) is -0.172. The third kappa shape index (κ3) is 6.35. The van der Waals surface area contributed by atoms with E-state index in [-0.39, 0.29) is 42.0 Å². The molecule has 43 heavy (non-hydrogen) atoms. The molecule has 2 saturated heterocycles. The van der Waals surface area contributed by atoms with E-state index >= 15 is 0 Å². The molecule has 0 spiro atoms. The fraction of sp³-hybridized carbons (Fsp3) is 0.485. The normalized spacial score (nSPS) is 22.9. The summed E-state index contributed by atoms with van der Waals surface area (Å²) < 4.78 is 5.69. The summed E-state index contributed by atoms with van der Waals surface area (Å²) in [6.45, 7) is 6.22. The standard InChI is InChI=1S/C33H38N4O5S/c1-20-17-42-18-21(2)27(20)14-23(15-31(39)40)32(41)37(24-10-11-24)33-35-28(19-43-33)26-7-4-3-6-25(26)22-9-12-29(34-16-22)36-13-5-8-30(36)38/h3-4,6-7,9,12,16,19-21,23-24,27H,5,8,10-11,13-15,17-18H2,1-2H3,(H,39,40)/t20?,21?,23-,27?/m1/s1. The van der Waals surface area contributed by atoms with E-state index in [4.69, 9.17) is 9.72 Å². The van der Waals surface area contributed by atoms with Gasteiger partial charge >= 0.3 is 5.97 Å². The molecule has 1 aromatic carbocycles. The molecule has 2 amide bonds. The van der Waals surface area contributed by atoms with Gasteiger partial charge in [-0.1, -0.05) is 38.1 Å². The first-order valence-corrected chi connectivity index (χ1v) is 16.1. The molecule has 226 valence electrons. The second kappa shape index (κ2) is 12.5. The lowest BCUT2D eigenvalue weighted by Gasteiger charge is -2.37. The number of benzene rings is 1. The van der Waals surface area contributed by atoms with Gasteiger partial charge in [0.15, 0.2) is 5.13 Å². The minimum absolute atomic E-state index is 0.0487. The van der Waals surface area contributed by atoms with Crippen molar-refractivity contribution in [1.82, 2.24) is 9.97 Å². The smallest absolute Gasteiger partial charge is 0.304 e. The van der Waals surface area contributed by atoms with Crippen LogP contribution in [-0.2, 0) is 19.1 Å². The van der Waals surface area contributed by atoms with Crippen molar-refractivity contribution in [3.8, 4) is 22.4 Å². The van der Waals surface area contributed by atoms with Crippen molar-refractivity contribution < 1.29 is 24.2 Å². The van der Waals surface area contributed by atoms with Crippen molar-refractivity contribution in [2.24, 2.45) is 23.7 Å². The van der Waals surface area contributed by atoms with E-state index in [1.54, 1.807) is 16.0 Å². The zero-order valence-electron chi connectivity index (χ0n) is 24.6. The number of carbonyl (C=O) groups excluding carboxylic acids is 2. The SMILES string of the molecule is CC1COCC(C)C1C[C@H](CC(=O)O)C(=O)N(c1nc(-c2ccccc2-c2ccc(N3CCCC3=O)nc2)cs1)C1CC1. The van der Waals surface area contributed by atoms with Crippen molar-refractivity contribution in [1.29, 1.82) is 0 Å². The number of rotatable bonds is 10. The van der Waals surface area contributed by atoms with E-state index in [2.05, 4.69) is 18.8 Å².